The standard InChI is InChI=1S/C19H19N3O7S/c1-11-4-6-13(30(20,24)25)9-15(11)19(23)28-10-17-21-18(22-29-17)14-7-5-12(26-2)8-16(14)27-3/h4-9H,10H2,1-3H3,(H2,20,24,25). The molecule has 2 aromatic carbocycles. The minimum atomic E-state index is -3.95. The maximum atomic E-state index is 12.4. The number of aryl methyl sites for hydroxylation is 1. The molecule has 0 aliphatic heterocycles. The zero-order chi connectivity index (χ0) is 21.9. The average Bonchev–Trinajstić information content (AvgIpc) is 3.19. The number of carbonyl (C=O) groups excluding carboxylic acids is 1. The number of rotatable bonds is 7. The van der Waals surface area contributed by atoms with Gasteiger partial charge in [0.15, 0.2) is 6.61 Å². The van der Waals surface area contributed by atoms with Crippen LogP contribution in [0, 0.1) is 6.92 Å². The molecule has 3 aromatic rings. The van der Waals surface area contributed by atoms with Crippen molar-refractivity contribution < 1.29 is 31.9 Å². The van der Waals surface area contributed by atoms with Crippen LogP contribution in [0.5, 0.6) is 11.5 Å². The number of nitrogens with two attached hydrogens (primary N) is 1. The van der Waals surface area contributed by atoms with Crippen molar-refractivity contribution in [2.75, 3.05) is 14.2 Å². The Morgan fingerprint density at radius 2 is 1.90 bits per heavy atom. The zero-order valence-electron chi connectivity index (χ0n) is 16.4. The lowest BCUT2D eigenvalue weighted by molar-refractivity contribution is 0.0428. The van der Waals surface area contributed by atoms with Crippen LogP contribution < -0.4 is 14.6 Å². The minimum Gasteiger partial charge on any atom is -0.497 e. The van der Waals surface area contributed by atoms with Crippen molar-refractivity contribution in [3.63, 3.8) is 0 Å². The summed E-state index contributed by atoms with van der Waals surface area (Å²) in [5, 5.41) is 8.98. The van der Waals surface area contributed by atoms with E-state index in [-0.39, 0.29) is 28.8 Å². The summed E-state index contributed by atoms with van der Waals surface area (Å²) in [6.45, 7) is 1.34. The largest absolute Gasteiger partial charge is 0.497 e. The molecule has 0 unspecified atom stereocenters. The van der Waals surface area contributed by atoms with Crippen LogP contribution in [0.3, 0.4) is 0 Å². The number of methoxy groups -OCH3 is 2. The SMILES string of the molecule is COc1ccc(-c2noc(COC(=O)c3cc(S(N)(=O)=O)ccc3C)n2)c(OC)c1. The predicted octanol–water partition coefficient (Wildman–Crippen LogP) is 2.07. The fourth-order valence-electron chi connectivity index (χ4n) is 2.61. The Morgan fingerprint density at radius 1 is 1.13 bits per heavy atom. The molecular weight excluding hydrogens is 414 g/mol. The molecule has 2 N–H and O–H groups in total. The van der Waals surface area contributed by atoms with Gasteiger partial charge in [-0.25, -0.2) is 18.4 Å². The summed E-state index contributed by atoms with van der Waals surface area (Å²) in [5.74, 6) is 0.628. The topological polar surface area (TPSA) is 144 Å². The Morgan fingerprint density at radius 3 is 2.57 bits per heavy atom. The van der Waals surface area contributed by atoms with Crippen LogP contribution in [0.25, 0.3) is 11.4 Å². The van der Waals surface area contributed by atoms with Gasteiger partial charge in [0.1, 0.15) is 11.5 Å². The molecule has 158 valence electrons. The first kappa shape index (κ1) is 21.3. The molecule has 0 amide bonds. The van der Waals surface area contributed by atoms with Crippen LogP contribution in [-0.2, 0) is 21.4 Å². The lowest BCUT2D eigenvalue weighted by atomic mass is 10.1. The van der Waals surface area contributed by atoms with Crippen molar-refractivity contribution in [1.29, 1.82) is 0 Å². The number of primary sulfonamides is 1. The number of hydrogen-bond donors (Lipinski definition) is 1. The van der Waals surface area contributed by atoms with Crippen molar-refractivity contribution in [3.05, 3.63) is 53.4 Å². The highest BCUT2D eigenvalue weighted by Gasteiger charge is 2.18. The Kier molecular flexibility index (Phi) is 6.04. The molecule has 0 saturated heterocycles. The number of ether oxygens (including phenoxy) is 3. The summed E-state index contributed by atoms with van der Waals surface area (Å²) in [4.78, 5) is 16.4. The third-order valence-corrected chi connectivity index (χ3v) is 5.11. The molecule has 0 fully saturated rings. The van der Waals surface area contributed by atoms with E-state index in [1.807, 2.05) is 0 Å². The first-order chi connectivity index (χ1) is 14.2. The van der Waals surface area contributed by atoms with Crippen molar-refractivity contribution in [2.45, 2.75) is 18.4 Å². The summed E-state index contributed by atoms with van der Waals surface area (Å²) < 4.78 is 43.8. The van der Waals surface area contributed by atoms with Gasteiger partial charge in [-0.2, -0.15) is 4.98 Å². The number of esters is 1. The van der Waals surface area contributed by atoms with E-state index >= 15 is 0 Å². The lowest BCUT2D eigenvalue weighted by Gasteiger charge is -2.07. The van der Waals surface area contributed by atoms with E-state index in [1.54, 1.807) is 25.1 Å². The van der Waals surface area contributed by atoms with Gasteiger partial charge in [-0.15, -0.1) is 0 Å². The highest BCUT2D eigenvalue weighted by atomic mass is 32.2. The van der Waals surface area contributed by atoms with Gasteiger partial charge in [0.05, 0.1) is 30.2 Å². The average molecular weight is 433 g/mol. The number of aromatic nitrogens is 2. The highest BCUT2D eigenvalue weighted by molar-refractivity contribution is 7.89. The Bertz CT molecular complexity index is 1190. The number of sulfonamides is 1. The van der Waals surface area contributed by atoms with E-state index < -0.39 is 16.0 Å². The number of benzene rings is 2. The Hall–Kier alpha value is -3.44. The molecular formula is C19H19N3O7S. The molecule has 0 aliphatic rings. The smallest absolute Gasteiger partial charge is 0.338 e. The van der Waals surface area contributed by atoms with E-state index in [4.69, 9.17) is 23.9 Å². The summed E-state index contributed by atoms with van der Waals surface area (Å²) in [6, 6.07) is 9.04. The van der Waals surface area contributed by atoms with Crippen molar-refractivity contribution in [2.24, 2.45) is 5.14 Å². The van der Waals surface area contributed by atoms with Crippen molar-refractivity contribution in [1.82, 2.24) is 10.1 Å². The second-order valence-electron chi connectivity index (χ2n) is 6.18. The van der Waals surface area contributed by atoms with Crippen LogP contribution >= 0.6 is 0 Å². The Labute approximate surface area is 172 Å². The third-order valence-electron chi connectivity index (χ3n) is 4.20. The van der Waals surface area contributed by atoms with Crippen LogP contribution in [-0.4, -0.2) is 38.7 Å². The van der Waals surface area contributed by atoms with E-state index in [0.717, 1.165) is 6.07 Å². The molecule has 0 saturated carbocycles. The normalized spacial score (nSPS) is 11.2. The quantitative estimate of drug-likeness (QED) is 0.554. The Balaban J connectivity index is 1.76. The van der Waals surface area contributed by atoms with Gasteiger partial charge < -0.3 is 18.7 Å². The van der Waals surface area contributed by atoms with E-state index in [2.05, 4.69) is 10.1 Å². The lowest BCUT2D eigenvalue weighted by Crippen LogP contribution is -2.14. The number of carbonyl (C=O) groups is 1. The van der Waals surface area contributed by atoms with E-state index in [0.29, 0.717) is 22.6 Å². The minimum absolute atomic E-state index is 0.0523. The predicted molar refractivity (Wildman–Crippen MR) is 105 cm³/mol. The molecule has 0 atom stereocenters. The zero-order valence-corrected chi connectivity index (χ0v) is 17.2. The molecule has 1 aromatic heterocycles. The van der Waals surface area contributed by atoms with Crippen LogP contribution in [0.2, 0.25) is 0 Å². The molecule has 30 heavy (non-hydrogen) atoms. The number of nitrogens with zero attached hydrogens (tertiary/aromatic N) is 2. The van der Waals surface area contributed by atoms with Gasteiger partial charge in [-0.1, -0.05) is 11.2 Å². The van der Waals surface area contributed by atoms with Gasteiger partial charge in [0.25, 0.3) is 5.89 Å². The van der Waals surface area contributed by atoms with Gasteiger partial charge >= 0.3 is 5.97 Å². The highest BCUT2D eigenvalue weighted by Crippen LogP contribution is 2.31. The van der Waals surface area contributed by atoms with Crippen molar-refractivity contribution >= 4 is 16.0 Å². The van der Waals surface area contributed by atoms with Crippen LogP contribution in [0.15, 0.2) is 45.8 Å². The monoisotopic (exact) mass is 433 g/mol. The molecule has 0 radical (unpaired) electrons. The third kappa shape index (κ3) is 4.58. The second kappa shape index (κ2) is 8.51. The summed E-state index contributed by atoms with van der Waals surface area (Å²) in [7, 11) is -0.915. The molecule has 3 rings (SSSR count). The van der Waals surface area contributed by atoms with E-state index in [1.165, 1.54) is 26.4 Å². The van der Waals surface area contributed by atoms with Crippen LogP contribution in [0.1, 0.15) is 21.8 Å². The first-order valence-electron chi connectivity index (χ1n) is 8.58. The van der Waals surface area contributed by atoms with Gasteiger partial charge in [-0.3, -0.25) is 0 Å². The van der Waals surface area contributed by atoms with Gasteiger partial charge in [-0.05, 0) is 36.8 Å². The molecule has 0 spiro atoms. The fourth-order valence-corrected chi connectivity index (χ4v) is 3.15. The van der Waals surface area contributed by atoms with E-state index in [9.17, 15) is 13.2 Å². The first-order valence-corrected chi connectivity index (χ1v) is 10.1. The molecule has 11 heteroatoms. The molecule has 0 bridgehead atoms. The maximum absolute atomic E-state index is 12.4. The molecule has 10 nitrogen and oxygen atoms in total. The fraction of sp³-hybridized carbons (Fsp3) is 0.211. The maximum Gasteiger partial charge on any atom is 0.338 e. The van der Waals surface area contributed by atoms with Crippen molar-refractivity contribution in [3.8, 4) is 22.9 Å². The molecule has 1 heterocycles. The molecule has 0 aliphatic carbocycles. The van der Waals surface area contributed by atoms with Gasteiger partial charge in [0.2, 0.25) is 15.8 Å². The summed E-state index contributed by atoms with van der Waals surface area (Å²) in [6.07, 6.45) is 0. The number of hydrogen-bond acceptors (Lipinski definition) is 9. The summed E-state index contributed by atoms with van der Waals surface area (Å²) in [5.41, 5.74) is 1.16. The second-order valence-corrected chi connectivity index (χ2v) is 7.74. The van der Waals surface area contributed by atoms with Crippen LogP contribution in [0.4, 0.5) is 0 Å². The summed E-state index contributed by atoms with van der Waals surface area (Å²) >= 11 is 0. The van der Waals surface area contributed by atoms with Gasteiger partial charge in [0, 0.05) is 6.07 Å².